The highest BCUT2D eigenvalue weighted by molar-refractivity contribution is 5.21. The molecule has 0 saturated heterocycles. The molecule has 0 aromatic carbocycles. The van der Waals surface area contributed by atoms with E-state index in [9.17, 15) is 0 Å². The second-order valence-corrected chi connectivity index (χ2v) is 5.82. The van der Waals surface area contributed by atoms with Crippen molar-refractivity contribution in [2.24, 2.45) is 11.8 Å². The summed E-state index contributed by atoms with van der Waals surface area (Å²) in [6.07, 6.45) is 9.54. The van der Waals surface area contributed by atoms with E-state index in [-0.39, 0.29) is 0 Å². The van der Waals surface area contributed by atoms with E-state index in [1.807, 2.05) is 0 Å². The van der Waals surface area contributed by atoms with Crippen LogP contribution in [0.3, 0.4) is 0 Å². The van der Waals surface area contributed by atoms with Crippen molar-refractivity contribution in [1.29, 1.82) is 0 Å². The van der Waals surface area contributed by atoms with Gasteiger partial charge in [-0.15, -0.1) is 0 Å². The van der Waals surface area contributed by atoms with E-state index in [2.05, 4.69) is 23.4 Å². The molecule has 3 nitrogen and oxygen atoms in total. The van der Waals surface area contributed by atoms with Crippen LogP contribution in [0, 0.1) is 11.8 Å². The summed E-state index contributed by atoms with van der Waals surface area (Å²) in [5.41, 5.74) is 2.72. The van der Waals surface area contributed by atoms with Crippen LogP contribution in [-0.4, -0.2) is 23.1 Å². The lowest BCUT2D eigenvalue weighted by molar-refractivity contribution is 0.423. The molecule has 1 aromatic heterocycles. The molecule has 3 heteroatoms. The van der Waals surface area contributed by atoms with Gasteiger partial charge in [-0.3, -0.25) is 0 Å². The number of hydrogen-bond donors (Lipinski definition) is 1. The molecule has 1 saturated carbocycles. The number of aryl methyl sites for hydroxylation is 1. The number of nitrogens with one attached hydrogen (secondary N) is 1. The standard InChI is InChI=1S/C15H23N3/c1-2-16-9-12-5-6-14-13(7-12)10-17-15(18-14)8-11-3-4-11/h10-12,16H,2-9H2,1H3. The highest BCUT2D eigenvalue weighted by atomic mass is 14.9. The third kappa shape index (κ3) is 2.89. The topological polar surface area (TPSA) is 37.8 Å². The molecule has 1 heterocycles. The summed E-state index contributed by atoms with van der Waals surface area (Å²) in [6, 6.07) is 0. The largest absolute Gasteiger partial charge is 0.317 e. The van der Waals surface area contributed by atoms with Crippen LogP contribution >= 0.6 is 0 Å². The van der Waals surface area contributed by atoms with Crippen LogP contribution < -0.4 is 5.32 Å². The SMILES string of the molecule is CCNCC1CCc2nc(CC3CC3)ncc2C1. The van der Waals surface area contributed by atoms with Crippen molar-refractivity contribution in [3.05, 3.63) is 23.3 Å². The van der Waals surface area contributed by atoms with E-state index in [0.717, 1.165) is 50.0 Å². The van der Waals surface area contributed by atoms with E-state index in [0.29, 0.717) is 0 Å². The lowest BCUT2D eigenvalue weighted by Crippen LogP contribution is -2.27. The molecular weight excluding hydrogens is 222 g/mol. The van der Waals surface area contributed by atoms with E-state index in [4.69, 9.17) is 4.98 Å². The Morgan fingerprint density at radius 1 is 1.28 bits per heavy atom. The Bertz CT molecular complexity index is 412. The predicted molar refractivity (Wildman–Crippen MR) is 72.5 cm³/mol. The summed E-state index contributed by atoms with van der Waals surface area (Å²) in [6.45, 7) is 4.38. The van der Waals surface area contributed by atoms with Gasteiger partial charge < -0.3 is 5.32 Å². The van der Waals surface area contributed by atoms with Gasteiger partial charge in [-0.25, -0.2) is 9.97 Å². The van der Waals surface area contributed by atoms with E-state index < -0.39 is 0 Å². The van der Waals surface area contributed by atoms with Gasteiger partial charge in [0.25, 0.3) is 0 Å². The summed E-state index contributed by atoms with van der Waals surface area (Å²) in [7, 11) is 0. The maximum atomic E-state index is 4.78. The van der Waals surface area contributed by atoms with Crippen LogP contribution in [0.25, 0.3) is 0 Å². The van der Waals surface area contributed by atoms with Crippen LogP contribution in [0.2, 0.25) is 0 Å². The minimum Gasteiger partial charge on any atom is -0.317 e. The number of fused-ring (bicyclic) bond motifs is 1. The number of hydrogen-bond acceptors (Lipinski definition) is 3. The molecule has 1 unspecified atom stereocenters. The first kappa shape index (κ1) is 12.1. The van der Waals surface area contributed by atoms with Gasteiger partial charge >= 0.3 is 0 Å². The zero-order chi connectivity index (χ0) is 12.4. The summed E-state index contributed by atoms with van der Waals surface area (Å²) in [5, 5.41) is 3.45. The average Bonchev–Trinajstić information content (AvgIpc) is 3.20. The van der Waals surface area contributed by atoms with Crippen molar-refractivity contribution in [1.82, 2.24) is 15.3 Å². The molecule has 0 bridgehead atoms. The molecule has 98 valence electrons. The Balaban J connectivity index is 1.64. The second kappa shape index (κ2) is 5.35. The molecule has 1 atom stereocenters. The Hall–Kier alpha value is -0.960. The van der Waals surface area contributed by atoms with Crippen molar-refractivity contribution in [2.75, 3.05) is 13.1 Å². The van der Waals surface area contributed by atoms with E-state index in [1.54, 1.807) is 0 Å². The lowest BCUT2D eigenvalue weighted by atomic mass is 9.87. The minimum atomic E-state index is 0.773. The number of nitrogens with zero attached hydrogens (tertiary/aromatic N) is 2. The zero-order valence-electron chi connectivity index (χ0n) is 11.3. The predicted octanol–water partition coefficient (Wildman–Crippen LogP) is 2.14. The van der Waals surface area contributed by atoms with Gasteiger partial charge in [0.2, 0.25) is 0 Å². The molecule has 2 aliphatic carbocycles. The quantitative estimate of drug-likeness (QED) is 0.863. The Morgan fingerprint density at radius 3 is 2.94 bits per heavy atom. The van der Waals surface area contributed by atoms with Gasteiger partial charge in [-0.1, -0.05) is 6.92 Å². The second-order valence-electron chi connectivity index (χ2n) is 5.82. The van der Waals surface area contributed by atoms with Gasteiger partial charge in [0, 0.05) is 18.3 Å². The fourth-order valence-corrected chi connectivity index (χ4v) is 2.83. The van der Waals surface area contributed by atoms with Crippen LogP contribution in [0.4, 0.5) is 0 Å². The molecule has 0 amide bonds. The molecule has 1 fully saturated rings. The van der Waals surface area contributed by atoms with E-state index >= 15 is 0 Å². The smallest absolute Gasteiger partial charge is 0.128 e. The van der Waals surface area contributed by atoms with Gasteiger partial charge in [0.05, 0.1) is 0 Å². The molecule has 3 rings (SSSR count). The van der Waals surface area contributed by atoms with Gasteiger partial charge in [-0.05, 0) is 62.6 Å². The molecular formula is C15H23N3. The molecule has 18 heavy (non-hydrogen) atoms. The van der Waals surface area contributed by atoms with Crippen molar-refractivity contribution in [3.8, 4) is 0 Å². The first-order valence-corrected chi connectivity index (χ1v) is 7.39. The third-order valence-corrected chi connectivity index (χ3v) is 4.15. The van der Waals surface area contributed by atoms with Crippen molar-refractivity contribution < 1.29 is 0 Å². The van der Waals surface area contributed by atoms with Crippen molar-refractivity contribution in [3.63, 3.8) is 0 Å². The maximum absolute atomic E-state index is 4.78. The van der Waals surface area contributed by atoms with Crippen LogP contribution in [0.15, 0.2) is 6.20 Å². The highest BCUT2D eigenvalue weighted by Crippen LogP contribution is 2.32. The van der Waals surface area contributed by atoms with Crippen LogP contribution in [0.1, 0.15) is 43.3 Å². The molecule has 2 aliphatic rings. The molecule has 1 N–H and O–H groups in total. The summed E-state index contributed by atoms with van der Waals surface area (Å²) < 4.78 is 0. The third-order valence-electron chi connectivity index (χ3n) is 4.15. The highest BCUT2D eigenvalue weighted by Gasteiger charge is 2.24. The minimum absolute atomic E-state index is 0.773. The fraction of sp³-hybridized carbons (Fsp3) is 0.733. The van der Waals surface area contributed by atoms with Crippen molar-refractivity contribution >= 4 is 0 Å². The molecule has 0 aliphatic heterocycles. The van der Waals surface area contributed by atoms with Crippen LogP contribution in [-0.2, 0) is 19.3 Å². The van der Waals surface area contributed by atoms with Gasteiger partial charge in [0.15, 0.2) is 0 Å². The van der Waals surface area contributed by atoms with Crippen LogP contribution in [0.5, 0.6) is 0 Å². The number of aromatic nitrogens is 2. The monoisotopic (exact) mass is 245 g/mol. The van der Waals surface area contributed by atoms with Gasteiger partial charge in [0.1, 0.15) is 5.82 Å². The Morgan fingerprint density at radius 2 is 2.17 bits per heavy atom. The summed E-state index contributed by atoms with van der Waals surface area (Å²) in [5.74, 6) is 2.74. The molecule has 0 radical (unpaired) electrons. The fourth-order valence-electron chi connectivity index (χ4n) is 2.83. The molecule has 0 spiro atoms. The Labute approximate surface area is 109 Å². The number of rotatable bonds is 5. The van der Waals surface area contributed by atoms with Crippen molar-refractivity contribution in [2.45, 2.75) is 45.4 Å². The maximum Gasteiger partial charge on any atom is 0.128 e. The van der Waals surface area contributed by atoms with E-state index in [1.165, 1.54) is 30.5 Å². The first-order valence-electron chi connectivity index (χ1n) is 7.39. The zero-order valence-corrected chi connectivity index (χ0v) is 11.3. The summed E-state index contributed by atoms with van der Waals surface area (Å²) >= 11 is 0. The van der Waals surface area contributed by atoms with Gasteiger partial charge in [-0.2, -0.15) is 0 Å². The lowest BCUT2D eigenvalue weighted by Gasteiger charge is -2.24. The first-order chi connectivity index (χ1) is 8.85. The normalized spacial score (nSPS) is 22.8. The Kier molecular flexibility index (Phi) is 3.59. The summed E-state index contributed by atoms with van der Waals surface area (Å²) in [4.78, 5) is 9.33. The molecule has 1 aromatic rings. The average molecular weight is 245 g/mol.